The van der Waals surface area contributed by atoms with Gasteiger partial charge in [-0.2, -0.15) is 0 Å². The smallest absolute Gasteiger partial charge is 0.266 e. The molecule has 0 unspecified atom stereocenters. The Morgan fingerprint density at radius 3 is 2.42 bits per heavy atom. The van der Waals surface area contributed by atoms with Gasteiger partial charge in [0.2, 0.25) is 0 Å². The number of nitrogens with one attached hydrogen (secondary N) is 1. The van der Waals surface area contributed by atoms with Crippen LogP contribution in [0.5, 0.6) is 0 Å². The topological polar surface area (TPSA) is 98.0 Å². The molecule has 100 valence electrons. The average molecular weight is 408 g/mol. The van der Waals surface area contributed by atoms with Crippen molar-refractivity contribution in [3.63, 3.8) is 0 Å². The van der Waals surface area contributed by atoms with Crippen LogP contribution >= 0.6 is 31.9 Å². The summed E-state index contributed by atoms with van der Waals surface area (Å²) >= 11 is 6.37. The van der Waals surface area contributed by atoms with Crippen LogP contribution in [-0.4, -0.2) is 18.4 Å². The van der Waals surface area contributed by atoms with Gasteiger partial charge in [0, 0.05) is 21.3 Å². The fourth-order valence-corrected chi connectivity index (χ4v) is 3.11. The highest BCUT2D eigenvalue weighted by Gasteiger charge is 2.19. The third-order valence-electron chi connectivity index (χ3n) is 2.10. The molecule has 9 heteroatoms. The van der Waals surface area contributed by atoms with E-state index in [2.05, 4.69) is 46.5 Å². The van der Waals surface area contributed by atoms with Gasteiger partial charge < -0.3 is 5.73 Å². The Bertz CT molecular complexity index is 704. The maximum Gasteiger partial charge on any atom is 0.266 e. The summed E-state index contributed by atoms with van der Waals surface area (Å²) in [7, 11) is -3.82. The van der Waals surface area contributed by atoms with Crippen molar-refractivity contribution in [2.24, 2.45) is 0 Å². The number of hydrogen-bond donors (Lipinski definition) is 2. The molecule has 0 aliphatic rings. The maximum atomic E-state index is 12.2. The third-order valence-corrected chi connectivity index (χ3v) is 4.39. The summed E-state index contributed by atoms with van der Waals surface area (Å²) in [6.07, 6.45) is 2.91. The predicted octanol–water partition coefficient (Wildman–Crippen LogP) is 2.38. The molecule has 3 N–H and O–H groups in total. The fraction of sp³-hybridized carbons (Fsp3) is 0. The van der Waals surface area contributed by atoms with Gasteiger partial charge in [-0.15, -0.1) is 0 Å². The van der Waals surface area contributed by atoms with Crippen molar-refractivity contribution in [3.8, 4) is 0 Å². The second-order valence-corrected chi connectivity index (χ2v) is 6.99. The Hall–Kier alpha value is -1.19. The largest absolute Gasteiger partial charge is 0.383 e. The highest BCUT2D eigenvalue weighted by Crippen LogP contribution is 2.22. The van der Waals surface area contributed by atoms with E-state index in [4.69, 9.17) is 5.73 Å². The van der Waals surface area contributed by atoms with E-state index in [1.54, 1.807) is 6.07 Å². The fourth-order valence-electron chi connectivity index (χ4n) is 1.28. The number of pyridine rings is 2. The highest BCUT2D eigenvalue weighted by molar-refractivity contribution is 9.10. The first-order chi connectivity index (χ1) is 8.88. The lowest BCUT2D eigenvalue weighted by Gasteiger charge is -2.09. The molecule has 0 fully saturated rings. The number of hydrogen-bond acceptors (Lipinski definition) is 5. The van der Waals surface area contributed by atoms with Crippen LogP contribution in [0.15, 0.2) is 44.4 Å². The molecule has 2 rings (SSSR count). The van der Waals surface area contributed by atoms with E-state index in [1.165, 1.54) is 24.5 Å². The van der Waals surface area contributed by atoms with Crippen LogP contribution in [0.25, 0.3) is 0 Å². The lowest BCUT2D eigenvalue weighted by atomic mass is 10.5. The number of nitrogen functional groups attached to an aromatic ring is 1. The second-order valence-electron chi connectivity index (χ2n) is 3.50. The molecule has 19 heavy (non-hydrogen) atoms. The standard InChI is InChI=1S/C10H8Br2N4O2S/c11-6-1-2-9(14-4-6)16-19(17,18)8-3-7(12)5-15-10(8)13/h1-5H,(H2,13,15)(H,14,16). The molecule has 0 bridgehead atoms. The van der Waals surface area contributed by atoms with Crippen molar-refractivity contribution in [2.45, 2.75) is 4.90 Å². The van der Waals surface area contributed by atoms with Crippen LogP contribution in [0.4, 0.5) is 11.6 Å². The number of anilines is 2. The molecule has 0 saturated heterocycles. The molecule has 0 aliphatic heterocycles. The van der Waals surface area contributed by atoms with Crippen molar-refractivity contribution < 1.29 is 8.42 Å². The van der Waals surface area contributed by atoms with E-state index in [-0.39, 0.29) is 16.5 Å². The van der Waals surface area contributed by atoms with E-state index in [9.17, 15) is 8.42 Å². The quantitative estimate of drug-likeness (QED) is 0.813. The van der Waals surface area contributed by atoms with Crippen LogP contribution in [0.2, 0.25) is 0 Å². The Labute approximate surface area is 126 Å². The van der Waals surface area contributed by atoms with Crippen molar-refractivity contribution in [2.75, 3.05) is 10.5 Å². The number of rotatable bonds is 3. The molecule has 2 heterocycles. The maximum absolute atomic E-state index is 12.2. The van der Waals surface area contributed by atoms with Gasteiger partial charge in [0.15, 0.2) is 0 Å². The number of aromatic nitrogens is 2. The lowest BCUT2D eigenvalue weighted by molar-refractivity contribution is 0.601. The van der Waals surface area contributed by atoms with Crippen molar-refractivity contribution in [1.82, 2.24) is 9.97 Å². The Kier molecular flexibility index (Phi) is 4.07. The van der Waals surface area contributed by atoms with Gasteiger partial charge in [0.05, 0.1) is 0 Å². The molecule has 0 aliphatic carbocycles. The Morgan fingerprint density at radius 2 is 1.79 bits per heavy atom. The zero-order valence-corrected chi connectivity index (χ0v) is 13.3. The van der Waals surface area contributed by atoms with Gasteiger partial charge in [0.1, 0.15) is 16.5 Å². The predicted molar refractivity (Wildman–Crippen MR) is 79.1 cm³/mol. The van der Waals surface area contributed by atoms with E-state index >= 15 is 0 Å². The minimum atomic E-state index is -3.82. The number of halogens is 2. The first-order valence-electron chi connectivity index (χ1n) is 4.94. The Morgan fingerprint density at radius 1 is 1.11 bits per heavy atom. The molecule has 0 atom stereocenters. The summed E-state index contributed by atoms with van der Waals surface area (Å²) in [6, 6.07) is 4.58. The molecule has 0 spiro atoms. The van der Waals surface area contributed by atoms with Crippen LogP contribution < -0.4 is 10.5 Å². The summed E-state index contributed by atoms with van der Waals surface area (Å²) in [6.45, 7) is 0. The SMILES string of the molecule is Nc1ncc(Br)cc1S(=O)(=O)Nc1ccc(Br)cn1. The van der Waals surface area contributed by atoms with Gasteiger partial charge in [-0.25, -0.2) is 18.4 Å². The molecule has 6 nitrogen and oxygen atoms in total. The van der Waals surface area contributed by atoms with Gasteiger partial charge in [-0.3, -0.25) is 4.72 Å². The molecular formula is C10H8Br2N4O2S. The minimum absolute atomic E-state index is 0.0761. The van der Waals surface area contributed by atoms with E-state index in [0.717, 1.165) is 4.47 Å². The average Bonchev–Trinajstić information content (AvgIpc) is 2.35. The zero-order chi connectivity index (χ0) is 14.0. The van der Waals surface area contributed by atoms with Gasteiger partial charge in [0.25, 0.3) is 10.0 Å². The molecular weight excluding hydrogens is 400 g/mol. The summed E-state index contributed by atoms with van der Waals surface area (Å²) in [5.74, 6) is 0.121. The van der Waals surface area contributed by atoms with Crippen molar-refractivity contribution in [1.29, 1.82) is 0 Å². The van der Waals surface area contributed by atoms with E-state index in [0.29, 0.717) is 4.47 Å². The van der Waals surface area contributed by atoms with Crippen molar-refractivity contribution >= 4 is 53.5 Å². The molecule has 2 aromatic heterocycles. The molecule has 0 radical (unpaired) electrons. The normalized spacial score (nSPS) is 11.3. The molecule has 0 saturated carbocycles. The zero-order valence-electron chi connectivity index (χ0n) is 9.34. The Balaban J connectivity index is 2.37. The van der Waals surface area contributed by atoms with Crippen molar-refractivity contribution in [3.05, 3.63) is 39.5 Å². The van der Waals surface area contributed by atoms with Gasteiger partial charge in [-0.05, 0) is 50.1 Å². The van der Waals surface area contributed by atoms with E-state index < -0.39 is 10.0 Å². The summed E-state index contributed by atoms with van der Waals surface area (Å²) in [5, 5.41) is 0. The summed E-state index contributed by atoms with van der Waals surface area (Å²) in [5.41, 5.74) is 5.57. The molecule has 2 aromatic rings. The first kappa shape index (κ1) is 14.2. The van der Waals surface area contributed by atoms with Crippen LogP contribution in [-0.2, 0) is 10.0 Å². The highest BCUT2D eigenvalue weighted by atomic mass is 79.9. The van der Waals surface area contributed by atoms with Crippen LogP contribution in [0, 0.1) is 0 Å². The third kappa shape index (κ3) is 3.43. The number of nitrogens with two attached hydrogens (primary N) is 1. The minimum Gasteiger partial charge on any atom is -0.383 e. The molecule has 0 amide bonds. The van der Waals surface area contributed by atoms with Crippen LogP contribution in [0.1, 0.15) is 0 Å². The monoisotopic (exact) mass is 406 g/mol. The first-order valence-corrected chi connectivity index (χ1v) is 8.01. The second kappa shape index (κ2) is 5.43. The lowest BCUT2D eigenvalue weighted by Crippen LogP contribution is -2.16. The molecule has 0 aromatic carbocycles. The number of nitrogens with zero attached hydrogens (tertiary/aromatic N) is 2. The number of sulfonamides is 1. The van der Waals surface area contributed by atoms with Crippen LogP contribution in [0.3, 0.4) is 0 Å². The van der Waals surface area contributed by atoms with Gasteiger partial charge in [-0.1, -0.05) is 0 Å². The van der Waals surface area contributed by atoms with Gasteiger partial charge >= 0.3 is 0 Å². The van der Waals surface area contributed by atoms with E-state index in [1.807, 2.05) is 0 Å². The summed E-state index contributed by atoms with van der Waals surface area (Å²) in [4.78, 5) is 7.61. The summed E-state index contributed by atoms with van der Waals surface area (Å²) < 4.78 is 27.9.